The largest absolute Gasteiger partial charge is 0.444 e. The Morgan fingerprint density at radius 2 is 2.10 bits per heavy atom. The number of β-amino-alcohol motifs (C(OH)–C–C–N with tert-alkyl or cyclic N) is 1. The topological polar surface area (TPSA) is 62.7 Å². The third kappa shape index (κ3) is 3.48. The molecule has 5 nitrogen and oxygen atoms in total. The molecular formula is C15H22N2O3. The van der Waals surface area contributed by atoms with Gasteiger partial charge in [-0.1, -0.05) is 6.07 Å². The first kappa shape index (κ1) is 14.8. The SMILES string of the molecule is Cc1ccc(C2CN(C(=O)OC(C)(C)C)CC2O)cn1. The van der Waals surface area contributed by atoms with Crippen LogP contribution in [-0.4, -0.2) is 45.9 Å². The summed E-state index contributed by atoms with van der Waals surface area (Å²) in [6, 6.07) is 3.87. The number of aliphatic hydroxyl groups is 1. The predicted octanol–water partition coefficient (Wildman–Crippen LogP) is 2.09. The van der Waals surface area contributed by atoms with Gasteiger partial charge in [0.25, 0.3) is 0 Å². The fraction of sp³-hybridized carbons (Fsp3) is 0.600. The Kier molecular flexibility index (Phi) is 3.99. The zero-order valence-electron chi connectivity index (χ0n) is 12.5. The smallest absolute Gasteiger partial charge is 0.410 e. The number of likely N-dealkylation sites (tertiary alicyclic amines) is 1. The quantitative estimate of drug-likeness (QED) is 0.854. The summed E-state index contributed by atoms with van der Waals surface area (Å²) in [4.78, 5) is 17.8. The lowest BCUT2D eigenvalue weighted by molar-refractivity contribution is 0.0270. The number of pyridine rings is 1. The fourth-order valence-electron chi connectivity index (χ4n) is 2.29. The number of carbonyl (C=O) groups is 1. The van der Waals surface area contributed by atoms with Crippen LogP contribution in [0.25, 0.3) is 0 Å². The van der Waals surface area contributed by atoms with Gasteiger partial charge < -0.3 is 14.7 Å². The fourth-order valence-corrected chi connectivity index (χ4v) is 2.29. The first-order chi connectivity index (χ1) is 9.26. The molecule has 1 fully saturated rings. The van der Waals surface area contributed by atoms with E-state index in [4.69, 9.17) is 4.74 Å². The van der Waals surface area contributed by atoms with Crippen molar-refractivity contribution < 1.29 is 14.6 Å². The van der Waals surface area contributed by atoms with Gasteiger partial charge in [0.05, 0.1) is 12.6 Å². The molecule has 1 N–H and O–H groups in total. The highest BCUT2D eigenvalue weighted by Crippen LogP contribution is 2.28. The maximum atomic E-state index is 12.0. The maximum absolute atomic E-state index is 12.0. The molecule has 1 saturated heterocycles. The molecule has 2 heterocycles. The Hall–Kier alpha value is -1.62. The molecule has 0 aromatic carbocycles. The molecule has 1 aromatic heterocycles. The van der Waals surface area contributed by atoms with Crippen LogP contribution in [0, 0.1) is 6.92 Å². The summed E-state index contributed by atoms with van der Waals surface area (Å²) >= 11 is 0. The average molecular weight is 278 g/mol. The van der Waals surface area contributed by atoms with Crippen LogP contribution in [0.5, 0.6) is 0 Å². The van der Waals surface area contributed by atoms with E-state index in [0.717, 1.165) is 11.3 Å². The molecule has 0 bridgehead atoms. The third-order valence-corrected chi connectivity index (χ3v) is 3.30. The zero-order valence-corrected chi connectivity index (χ0v) is 12.5. The molecule has 20 heavy (non-hydrogen) atoms. The molecule has 1 aliphatic rings. The van der Waals surface area contributed by atoms with Crippen LogP contribution in [0.3, 0.4) is 0 Å². The van der Waals surface area contributed by atoms with Gasteiger partial charge in [-0.15, -0.1) is 0 Å². The standard InChI is InChI=1S/C15H22N2O3/c1-10-5-6-11(7-16-10)12-8-17(9-13(12)18)14(19)20-15(2,3)4/h5-7,12-13,18H,8-9H2,1-4H3. The summed E-state index contributed by atoms with van der Waals surface area (Å²) in [7, 11) is 0. The van der Waals surface area contributed by atoms with Gasteiger partial charge in [-0.05, 0) is 39.3 Å². The van der Waals surface area contributed by atoms with E-state index in [-0.39, 0.29) is 12.0 Å². The van der Waals surface area contributed by atoms with Gasteiger partial charge in [-0.2, -0.15) is 0 Å². The number of rotatable bonds is 1. The van der Waals surface area contributed by atoms with Crippen LogP contribution in [0.1, 0.15) is 37.9 Å². The van der Waals surface area contributed by atoms with Crippen molar-refractivity contribution in [2.75, 3.05) is 13.1 Å². The van der Waals surface area contributed by atoms with Crippen LogP contribution in [0.15, 0.2) is 18.3 Å². The van der Waals surface area contributed by atoms with Crippen molar-refractivity contribution in [3.63, 3.8) is 0 Å². The molecule has 0 saturated carbocycles. The minimum Gasteiger partial charge on any atom is -0.444 e. The van der Waals surface area contributed by atoms with Crippen LogP contribution >= 0.6 is 0 Å². The highest BCUT2D eigenvalue weighted by molar-refractivity contribution is 5.68. The van der Waals surface area contributed by atoms with Crippen LogP contribution in [-0.2, 0) is 4.74 Å². The van der Waals surface area contributed by atoms with Gasteiger partial charge in [-0.3, -0.25) is 4.98 Å². The molecule has 5 heteroatoms. The molecule has 0 spiro atoms. The lowest BCUT2D eigenvalue weighted by atomic mass is 9.98. The Morgan fingerprint density at radius 1 is 1.40 bits per heavy atom. The molecule has 2 atom stereocenters. The number of nitrogens with zero attached hydrogens (tertiary/aromatic N) is 2. The number of amides is 1. The Morgan fingerprint density at radius 3 is 2.65 bits per heavy atom. The van der Waals surface area contributed by atoms with Gasteiger partial charge in [-0.25, -0.2) is 4.79 Å². The molecule has 2 unspecified atom stereocenters. The van der Waals surface area contributed by atoms with Gasteiger partial charge in [0.2, 0.25) is 0 Å². The van der Waals surface area contributed by atoms with Crippen LogP contribution < -0.4 is 0 Å². The minimum absolute atomic E-state index is 0.101. The number of aryl methyl sites for hydroxylation is 1. The van der Waals surface area contributed by atoms with Crippen LogP contribution in [0.2, 0.25) is 0 Å². The Bertz CT molecular complexity index is 479. The molecule has 110 valence electrons. The zero-order chi connectivity index (χ0) is 14.9. The van der Waals surface area contributed by atoms with E-state index in [1.54, 1.807) is 11.1 Å². The van der Waals surface area contributed by atoms with E-state index >= 15 is 0 Å². The highest BCUT2D eigenvalue weighted by atomic mass is 16.6. The summed E-state index contributed by atoms with van der Waals surface area (Å²) in [5.74, 6) is -0.101. The van der Waals surface area contributed by atoms with Gasteiger partial charge in [0.1, 0.15) is 5.60 Å². The van der Waals surface area contributed by atoms with Gasteiger partial charge in [0, 0.05) is 24.4 Å². The first-order valence-corrected chi connectivity index (χ1v) is 6.85. The van der Waals surface area contributed by atoms with Crippen molar-refractivity contribution in [1.82, 2.24) is 9.88 Å². The third-order valence-electron chi connectivity index (χ3n) is 3.30. The molecule has 1 amide bonds. The minimum atomic E-state index is -0.577. The van der Waals surface area contributed by atoms with Crippen molar-refractivity contribution in [2.45, 2.75) is 45.3 Å². The first-order valence-electron chi connectivity index (χ1n) is 6.85. The van der Waals surface area contributed by atoms with E-state index in [1.807, 2.05) is 39.8 Å². The molecule has 0 aliphatic carbocycles. The number of carbonyl (C=O) groups excluding carboxylic acids is 1. The molecule has 0 radical (unpaired) electrons. The molecule has 1 aromatic rings. The van der Waals surface area contributed by atoms with Crippen LogP contribution in [0.4, 0.5) is 4.79 Å². The monoisotopic (exact) mass is 278 g/mol. The Balaban J connectivity index is 2.05. The average Bonchev–Trinajstić information content (AvgIpc) is 2.70. The van der Waals surface area contributed by atoms with Crippen molar-refractivity contribution in [3.8, 4) is 0 Å². The van der Waals surface area contributed by atoms with E-state index < -0.39 is 11.7 Å². The number of aromatic nitrogens is 1. The van der Waals surface area contributed by atoms with Crippen molar-refractivity contribution in [3.05, 3.63) is 29.6 Å². The summed E-state index contributed by atoms with van der Waals surface area (Å²) in [5, 5.41) is 10.2. The summed E-state index contributed by atoms with van der Waals surface area (Å²) in [6.07, 6.45) is 0.813. The number of hydrogen-bond donors (Lipinski definition) is 1. The predicted molar refractivity (Wildman–Crippen MR) is 75.5 cm³/mol. The lowest BCUT2D eigenvalue weighted by Gasteiger charge is -2.24. The molecular weight excluding hydrogens is 256 g/mol. The second-order valence-electron chi connectivity index (χ2n) is 6.29. The van der Waals surface area contributed by atoms with E-state index in [1.165, 1.54) is 0 Å². The van der Waals surface area contributed by atoms with Gasteiger partial charge in [0.15, 0.2) is 0 Å². The normalized spacial score (nSPS) is 22.9. The Labute approximate surface area is 119 Å². The van der Waals surface area contributed by atoms with E-state index in [9.17, 15) is 9.90 Å². The van der Waals surface area contributed by atoms with E-state index in [0.29, 0.717) is 13.1 Å². The second-order valence-corrected chi connectivity index (χ2v) is 6.29. The summed E-state index contributed by atoms with van der Waals surface area (Å²) < 4.78 is 5.33. The highest BCUT2D eigenvalue weighted by Gasteiger charge is 2.37. The van der Waals surface area contributed by atoms with Crippen molar-refractivity contribution in [2.24, 2.45) is 0 Å². The lowest BCUT2D eigenvalue weighted by Crippen LogP contribution is -2.35. The molecule has 1 aliphatic heterocycles. The van der Waals surface area contributed by atoms with E-state index in [2.05, 4.69) is 4.98 Å². The maximum Gasteiger partial charge on any atom is 0.410 e. The van der Waals surface area contributed by atoms with Crippen molar-refractivity contribution in [1.29, 1.82) is 0 Å². The number of hydrogen-bond acceptors (Lipinski definition) is 4. The number of aliphatic hydroxyl groups excluding tert-OH is 1. The second kappa shape index (κ2) is 5.40. The van der Waals surface area contributed by atoms with Crippen molar-refractivity contribution >= 4 is 6.09 Å². The molecule has 2 rings (SSSR count). The number of ether oxygens (including phenoxy) is 1. The van der Waals surface area contributed by atoms with Gasteiger partial charge >= 0.3 is 6.09 Å². The summed E-state index contributed by atoms with van der Waals surface area (Å²) in [5.41, 5.74) is 1.37. The summed E-state index contributed by atoms with van der Waals surface area (Å²) in [6.45, 7) is 8.17.